The monoisotopic (exact) mass is 255 g/mol. The van der Waals surface area contributed by atoms with Crippen LogP contribution < -0.4 is 11.1 Å². The van der Waals surface area contributed by atoms with Crippen LogP contribution in [0.4, 0.5) is 11.5 Å². The van der Waals surface area contributed by atoms with Gasteiger partial charge in [-0.3, -0.25) is 0 Å². The first kappa shape index (κ1) is 11.6. The summed E-state index contributed by atoms with van der Waals surface area (Å²) in [5.41, 5.74) is 7.99. The lowest BCUT2D eigenvalue weighted by molar-refractivity contribution is 0.561. The molecule has 3 N–H and O–H groups in total. The third-order valence-corrected chi connectivity index (χ3v) is 2.65. The molecule has 0 saturated carbocycles. The number of nitrogens with two attached hydrogens (primary N) is 1. The molecule has 0 aliphatic rings. The van der Waals surface area contributed by atoms with Gasteiger partial charge in [-0.25, -0.2) is 15.0 Å². The highest BCUT2D eigenvalue weighted by atomic mass is 16.3. The molecule has 0 unspecified atom stereocenters. The molecule has 1 aromatic carbocycles. The predicted octanol–water partition coefficient (Wildman–Crippen LogP) is 2.13. The Bertz CT molecular complexity index is 722. The Balaban J connectivity index is 1.91. The standard InChI is InChI=1S/C13H13N5O/c1-8-16-10-6-9(2-3-11(10)19-8)17-12-4-5-15-13(7-14)18-12/h2-6H,7,14H2,1H3,(H,15,17,18). The Hall–Kier alpha value is -2.47. The van der Waals surface area contributed by atoms with E-state index in [0.717, 1.165) is 16.8 Å². The molecule has 2 heterocycles. The van der Waals surface area contributed by atoms with Crippen LogP contribution in [0.3, 0.4) is 0 Å². The van der Waals surface area contributed by atoms with Gasteiger partial charge in [0.25, 0.3) is 0 Å². The minimum atomic E-state index is 0.317. The van der Waals surface area contributed by atoms with E-state index in [1.54, 1.807) is 12.3 Å². The summed E-state index contributed by atoms with van der Waals surface area (Å²) in [4.78, 5) is 12.6. The summed E-state index contributed by atoms with van der Waals surface area (Å²) >= 11 is 0. The van der Waals surface area contributed by atoms with E-state index >= 15 is 0 Å². The van der Waals surface area contributed by atoms with Crippen molar-refractivity contribution < 1.29 is 4.42 Å². The number of anilines is 2. The molecule has 6 nitrogen and oxygen atoms in total. The number of fused-ring (bicyclic) bond motifs is 1. The van der Waals surface area contributed by atoms with Crippen molar-refractivity contribution in [1.82, 2.24) is 15.0 Å². The molecule has 19 heavy (non-hydrogen) atoms. The van der Waals surface area contributed by atoms with Gasteiger partial charge in [-0.2, -0.15) is 0 Å². The third kappa shape index (κ3) is 2.38. The molecule has 96 valence electrons. The van der Waals surface area contributed by atoms with E-state index < -0.39 is 0 Å². The number of aromatic nitrogens is 3. The lowest BCUT2D eigenvalue weighted by atomic mass is 10.3. The minimum Gasteiger partial charge on any atom is -0.441 e. The largest absolute Gasteiger partial charge is 0.441 e. The van der Waals surface area contributed by atoms with Crippen LogP contribution in [-0.4, -0.2) is 15.0 Å². The van der Waals surface area contributed by atoms with Gasteiger partial charge in [0, 0.05) is 18.8 Å². The Labute approximate surface area is 109 Å². The molecule has 0 amide bonds. The lowest BCUT2D eigenvalue weighted by Gasteiger charge is -2.05. The van der Waals surface area contributed by atoms with E-state index in [1.165, 1.54) is 0 Å². The summed E-state index contributed by atoms with van der Waals surface area (Å²) in [6, 6.07) is 7.49. The van der Waals surface area contributed by atoms with Gasteiger partial charge in [0.2, 0.25) is 0 Å². The second kappa shape index (κ2) is 4.66. The van der Waals surface area contributed by atoms with Gasteiger partial charge in [-0.15, -0.1) is 0 Å². The van der Waals surface area contributed by atoms with Crippen molar-refractivity contribution in [2.45, 2.75) is 13.5 Å². The highest BCUT2D eigenvalue weighted by Gasteiger charge is 2.04. The number of nitrogens with zero attached hydrogens (tertiary/aromatic N) is 3. The van der Waals surface area contributed by atoms with Crippen LogP contribution in [0, 0.1) is 6.92 Å². The maximum atomic E-state index is 5.51. The van der Waals surface area contributed by atoms with Gasteiger partial charge < -0.3 is 15.5 Å². The van der Waals surface area contributed by atoms with E-state index in [1.807, 2.05) is 25.1 Å². The zero-order valence-electron chi connectivity index (χ0n) is 10.4. The molecule has 0 saturated heterocycles. The van der Waals surface area contributed by atoms with Crippen LogP contribution >= 0.6 is 0 Å². The zero-order chi connectivity index (χ0) is 13.2. The first-order valence-electron chi connectivity index (χ1n) is 5.91. The summed E-state index contributed by atoms with van der Waals surface area (Å²) in [6.07, 6.45) is 1.68. The van der Waals surface area contributed by atoms with Crippen LogP contribution in [0.2, 0.25) is 0 Å². The quantitative estimate of drug-likeness (QED) is 0.745. The predicted molar refractivity (Wildman–Crippen MR) is 72.0 cm³/mol. The molecule has 0 aliphatic carbocycles. The summed E-state index contributed by atoms with van der Waals surface area (Å²) in [5.74, 6) is 1.96. The van der Waals surface area contributed by atoms with Gasteiger partial charge in [0.15, 0.2) is 11.5 Å². The first-order valence-corrected chi connectivity index (χ1v) is 5.91. The Morgan fingerprint density at radius 3 is 3.00 bits per heavy atom. The number of hydrogen-bond donors (Lipinski definition) is 2. The fourth-order valence-corrected chi connectivity index (χ4v) is 1.84. The van der Waals surface area contributed by atoms with E-state index in [0.29, 0.717) is 24.1 Å². The Morgan fingerprint density at radius 2 is 2.16 bits per heavy atom. The number of benzene rings is 1. The van der Waals surface area contributed by atoms with Gasteiger partial charge in [-0.05, 0) is 24.3 Å². The molecular weight excluding hydrogens is 242 g/mol. The van der Waals surface area contributed by atoms with Crippen molar-refractivity contribution in [2.75, 3.05) is 5.32 Å². The summed E-state index contributed by atoms with van der Waals surface area (Å²) < 4.78 is 5.43. The fraction of sp³-hybridized carbons (Fsp3) is 0.154. The summed E-state index contributed by atoms with van der Waals surface area (Å²) in [7, 11) is 0. The van der Waals surface area contributed by atoms with E-state index in [9.17, 15) is 0 Å². The van der Waals surface area contributed by atoms with Crippen LogP contribution in [0.1, 0.15) is 11.7 Å². The van der Waals surface area contributed by atoms with Crippen molar-refractivity contribution in [3.63, 3.8) is 0 Å². The SMILES string of the molecule is Cc1nc2cc(Nc3ccnc(CN)n3)ccc2o1. The average Bonchev–Trinajstić information content (AvgIpc) is 2.78. The Kier molecular flexibility index (Phi) is 2.85. The van der Waals surface area contributed by atoms with Crippen LogP contribution in [-0.2, 0) is 6.54 Å². The van der Waals surface area contributed by atoms with Crippen molar-refractivity contribution in [1.29, 1.82) is 0 Å². The number of rotatable bonds is 3. The van der Waals surface area contributed by atoms with E-state index in [2.05, 4.69) is 20.3 Å². The number of hydrogen-bond acceptors (Lipinski definition) is 6. The van der Waals surface area contributed by atoms with Crippen molar-refractivity contribution >= 4 is 22.6 Å². The van der Waals surface area contributed by atoms with Gasteiger partial charge in [0.05, 0.1) is 6.54 Å². The molecule has 0 atom stereocenters. The minimum absolute atomic E-state index is 0.317. The molecule has 0 aliphatic heterocycles. The molecule has 3 rings (SSSR count). The highest BCUT2D eigenvalue weighted by molar-refractivity contribution is 5.78. The molecule has 0 radical (unpaired) electrons. The van der Waals surface area contributed by atoms with Crippen molar-refractivity contribution in [3.05, 3.63) is 42.2 Å². The number of oxazole rings is 1. The number of aryl methyl sites for hydroxylation is 1. The van der Waals surface area contributed by atoms with Gasteiger partial charge in [0.1, 0.15) is 17.2 Å². The molecule has 0 bridgehead atoms. The molecular formula is C13H13N5O. The second-order valence-electron chi connectivity index (χ2n) is 4.10. The van der Waals surface area contributed by atoms with Crippen LogP contribution in [0.5, 0.6) is 0 Å². The summed E-state index contributed by atoms with van der Waals surface area (Å²) in [5, 5.41) is 3.19. The fourth-order valence-electron chi connectivity index (χ4n) is 1.84. The maximum Gasteiger partial charge on any atom is 0.192 e. The number of nitrogens with one attached hydrogen (secondary N) is 1. The van der Waals surface area contributed by atoms with Crippen molar-refractivity contribution in [2.24, 2.45) is 5.73 Å². The molecule has 0 fully saturated rings. The smallest absolute Gasteiger partial charge is 0.192 e. The Morgan fingerprint density at radius 1 is 1.26 bits per heavy atom. The normalized spacial score (nSPS) is 10.8. The second-order valence-corrected chi connectivity index (χ2v) is 4.10. The third-order valence-electron chi connectivity index (χ3n) is 2.65. The van der Waals surface area contributed by atoms with Gasteiger partial charge in [-0.1, -0.05) is 0 Å². The first-order chi connectivity index (χ1) is 9.24. The molecule has 3 aromatic rings. The average molecular weight is 255 g/mol. The molecule has 2 aromatic heterocycles. The van der Waals surface area contributed by atoms with Crippen molar-refractivity contribution in [3.8, 4) is 0 Å². The zero-order valence-corrected chi connectivity index (χ0v) is 10.4. The maximum absolute atomic E-state index is 5.51. The van der Waals surface area contributed by atoms with E-state index in [4.69, 9.17) is 10.2 Å². The molecule has 6 heteroatoms. The molecule has 0 spiro atoms. The van der Waals surface area contributed by atoms with Crippen LogP contribution in [0.25, 0.3) is 11.1 Å². The highest BCUT2D eigenvalue weighted by Crippen LogP contribution is 2.21. The van der Waals surface area contributed by atoms with Gasteiger partial charge >= 0.3 is 0 Å². The van der Waals surface area contributed by atoms with E-state index in [-0.39, 0.29) is 0 Å². The van der Waals surface area contributed by atoms with Crippen LogP contribution in [0.15, 0.2) is 34.9 Å². The lowest BCUT2D eigenvalue weighted by Crippen LogP contribution is -2.04. The summed E-state index contributed by atoms with van der Waals surface area (Å²) in [6.45, 7) is 2.14. The topological polar surface area (TPSA) is 89.9 Å².